The number of ketones is 1. The van der Waals surface area contributed by atoms with Crippen LogP contribution in [0.3, 0.4) is 0 Å². The van der Waals surface area contributed by atoms with E-state index in [1.165, 1.54) is 11.3 Å². The molecule has 0 amide bonds. The molecule has 150 valence electrons. The van der Waals surface area contributed by atoms with Gasteiger partial charge in [0.15, 0.2) is 0 Å². The van der Waals surface area contributed by atoms with E-state index in [2.05, 4.69) is 44.6 Å². The quantitative estimate of drug-likeness (QED) is 0.434. The van der Waals surface area contributed by atoms with Crippen LogP contribution >= 0.6 is 8.52 Å². The SMILES string of the molecule is O=C(CNCc1cc(S[At])cc(C2=NNC(c3ccccc3)=NN2)c1)C1CCC1. The Kier molecular flexibility index (Phi) is 6.95. The van der Waals surface area contributed by atoms with Crippen LogP contribution in [0.5, 0.6) is 0 Å². The normalized spacial score (nSPS) is 16.2. The number of benzene rings is 2. The van der Waals surface area contributed by atoms with Crippen molar-refractivity contribution in [3.8, 4) is 0 Å². The molecule has 3 N–H and O–H groups in total. The van der Waals surface area contributed by atoms with Crippen molar-refractivity contribution >= 4 is 26.0 Å². The zero-order valence-electron chi connectivity index (χ0n) is 15.8. The molecule has 0 unspecified atom stereocenters. The molecule has 1 aliphatic heterocycles. The van der Waals surface area contributed by atoms with Gasteiger partial charge >= 0.3 is 189 Å². The fourth-order valence-corrected chi connectivity index (χ4v) is 4.68. The van der Waals surface area contributed by atoms with Crippen molar-refractivity contribution in [2.24, 2.45) is 16.1 Å². The predicted molar refractivity (Wildman–Crippen MR) is 112 cm³/mol. The van der Waals surface area contributed by atoms with Crippen LogP contribution in [-0.2, 0) is 11.3 Å². The summed E-state index contributed by atoms with van der Waals surface area (Å²) < 4.78 is 0. The standard InChI is InChI=1S/C21H22AtN5OS/c22-29-18-10-14(12-23-13-19(28)15-7-4-8-15)9-17(11-18)21-26-24-20(25-27-21)16-5-2-1-3-6-16/h1-3,5-6,9-11,15,23H,4,7-8,12-13H2,(H,24,25)(H,26,27). The minimum atomic E-state index is 0.279. The van der Waals surface area contributed by atoms with Gasteiger partial charge in [0.25, 0.3) is 0 Å². The number of nitrogens with one attached hydrogen (secondary N) is 3. The fourth-order valence-electron chi connectivity index (χ4n) is 3.27. The summed E-state index contributed by atoms with van der Waals surface area (Å²) in [5.74, 6) is 1.99. The number of hydrogen-bond donors (Lipinski definition) is 3. The van der Waals surface area contributed by atoms with E-state index in [-0.39, 0.29) is 5.92 Å². The van der Waals surface area contributed by atoms with Gasteiger partial charge in [0, 0.05) is 0 Å². The Bertz CT molecular complexity index is 943. The van der Waals surface area contributed by atoms with Crippen LogP contribution in [0.25, 0.3) is 0 Å². The van der Waals surface area contributed by atoms with Gasteiger partial charge in [-0.3, -0.25) is 0 Å². The van der Waals surface area contributed by atoms with Crippen LogP contribution in [-0.4, -0.2) is 24.0 Å². The number of carbonyl (C=O) groups is 1. The summed E-state index contributed by atoms with van der Waals surface area (Å²) in [4.78, 5) is 13.3. The van der Waals surface area contributed by atoms with Crippen molar-refractivity contribution < 1.29 is 28.0 Å². The molecule has 4 rings (SSSR count). The molecule has 0 bridgehead atoms. The van der Waals surface area contributed by atoms with Crippen molar-refractivity contribution in [2.45, 2.75) is 30.7 Å². The first kappa shape index (κ1) is 20.5. The second-order valence-corrected chi connectivity index (χ2v) is 9.58. The van der Waals surface area contributed by atoms with E-state index >= 15 is 0 Å². The second-order valence-electron chi connectivity index (χ2n) is 7.15. The zero-order valence-corrected chi connectivity index (χ0v) is 19.6. The van der Waals surface area contributed by atoms with E-state index in [0.29, 0.717) is 30.5 Å². The topological polar surface area (TPSA) is 77.9 Å². The summed E-state index contributed by atoms with van der Waals surface area (Å²) in [6, 6.07) is 16.2. The van der Waals surface area contributed by atoms with Crippen molar-refractivity contribution in [3.05, 3.63) is 65.2 Å². The molecule has 1 saturated carbocycles. The summed E-state index contributed by atoms with van der Waals surface area (Å²) in [6.45, 7) is 1.10. The van der Waals surface area contributed by atoms with Gasteiger partial charge in [0.1, 0.15) is 0 Å². The molecule has 0 aromatic heterocycles. The molecule has 2 aromatic carbocycles. The minimum absolute atomic E-state index is 0.279. The van der Waals surface area contributed by atoms with Crippen LogP contribution < -0.4 is 16.2 Å². The molecule has 0 spiro atoms. The molecule has 2 aliphatic rings. The van der Waals surface area contributed by atoms with Gasteiger partial charge in [-0.25, -0.2) is 0 Å². The van der Waals surface area contributed by atoms with Crippen LogP contribution in [0.15, 0.2) is 63.6 Å². The maximum absolute atomic E-state index is 12.1. The number of hydrazone groups is 2. The molecule has 0 atom stereocenters. The van der Waals surface area contributed by atoms with Gasteiger partial charge in [0.05, 0.1) is 0 Å². The van der Waals surface area contributed by atoms with E-state index in [0.717, 1.165) is 29.5 Å². The van der Waals surface area contributed by atoms with Crippen molar-refractivity contribution in [3.63, 3.8) is 0 Å². The van der Waals surface area contributed by atoms with E-state index < -0.39 is 0 Å². The fraction of sp³-hybridized carbons (Fsp3) is 0.286. The molecule has 8 heteroatoms. The zero-order chi connectivity index (χ0) is 20.1. The third-order valence-corrected chi connectivity index (χ3v) is 7.60. The predicted octanol–water partition coefficient (Wildman–Crippen LogP) is 2.92. The monoisotopic (exact) mass is 602 g/mol. The molecular weight excluding hydrogens is 580 g/mol. The van der Waals surface area contributed by atoms with Crippen LogP contribution in [0, 0.1) is 29.2 Å². The Morgan fingerprint density at radius 2 is 1.79 bits per heavy atom. The van der Waals surface area contributed by atoms with Gasteiger partial charge in [-0.15, -0.1) is 0 Å². The number of hydrogen-bond acceptors (Lipinski definition) is 7. The average molecular weight is 603 g/mol. The van der Waals surface area contributed by atoms with Gasteiger partial charge in [-0.1, -0.05) is 0 Å². The Hall–Kier alpha value is -1.76. The Labute approximate surface area is 188 Å². The first-order valence-corrected chi connectivity index (χ1v) is 13.9. The van der Waals surface area contributed by atoms with Crippen molar-refractivity contribution in [2.75, 3.05) is 6.54 Å². The summed E-state index contributed by atoms with van der Waals surface area (Å²) in [5, 5.41) is 12.2. The van der Waals surface area contributed by atoms with Gasteiger partial charge < -0.3 is 0 Å². The second kappa shape index (κ2) is 9.83. The number of Topliss-reactive ketones (excluding diaryl/α,β-unsaturated/α-hetero) is 1. The molecular formula is C21H22AtN5OS. The Balaban J connectivity index is 1.41. The van der Waals surface area contributed by atoms with Gasteiger partial charge in [-0.2, -0.15) is 0 Å². The molecule has 6 nitrogen and oxygen atoms in total. The first-order chi connectivity index (χ1) is 14.2. The molecule has 2 aromatic rings. The first-order valence-electron chi connectivity index (χ1n) is 9.62. The van der Waals surface area contributed by atoms with E-state index in [1.807, 2.05) is 30.3 Å². The molecule has 0 radical (unpaired) electrons. The molecule has 1 aliphatic carbocycles. The van der Waals surface area contributed by atoms with Crippen LogP contribution in [0.1, 0.15) is 36.0 Å². The average Bonchev–Trinajstić information content (AvgIpc) is 2.73. The summed E-state index contributed by atoms with van der Waals surface area (Å²) in [7, 11) is 1.74. The summed E-state index contributed by atoms with van der Waals surface area (Å²) >= 11 is 1.64. The van der Waals surface area contributed by atoms with E-state index in [9.17, 15) is 4.79 Å². The number of nitrogens with zero attached hydrogens (tertiary/aromatic N) is 2. The number of amidine groups is 2. The van der Waals surface area contributed by atoms with Crippen LogP contribution in [0.2, 0.25) is 0 Å². The third-order valence-electron chi connectivity index (χ3n) is 5.11. The number of carbonyl (C=O) groups excluding carboxylic acids is 1. The molecule has 29 heavy (non-hydrogen) atoms. The Morgan fingerprint density at radius 3 is 2.41 bits per heavy atom. The molecule has 1 fully saturated rings. The summed E-state index contributed by atoms with van der Waals surface area (Å²) in [6.07, 6.45) is 3.30. The Morgan fingerprint density at radius 1 is 1.07 bits per heavy atom. The third kappa shape index (κ3) is 5.24. The van der Waals surface area contributed by atoms with E-state index in [1.54, 1.807) is 31.8 Å². The van der Waals surface area contributed by atoms with Crippen molar-refractivity contribution in [1.82, 2.24) is 16.2 Å². The summed E-state index contributed by atoms with van der Waals surface area (Å²) in [5.41, 5.74) is 9.17. The molecule has 0 saturated heterocycles. The van der Waals surface area contributed by atoms with Crippen LogP contribution in [0.4, 0.5) is 0 Å². The van der Waals surface area contributed by atoms with Crippen molar-refractivity contribution in [1.29, 1.82) is 0 Å². The van der Waals surface area contributed by atoms with E-state index in [4.69, 9.17) is 0 Å². The number of rotatable bonds is 8. The maximum atomic E-state index is 12.1. The van der Waals surface area contributed by atoms with Gasteiger partial charge in [0.2, 0.25) is 0 Å². The molecule has 1 heterocycles. The van der Waals surface area contributed by atoms with Gasteiger partial charge in [-0.05, 0) is 0 Å².